The number of aromatic nitrogens is 2. The summed E-state index contributed by atoms with van der Waals surface area (Å²) in [6, 6.07) is 61.3. The molecule has 0 spiro atoms. The Bertz CT molecular complexity index is 2840. The average Bonchev–Trinajstić information content (AvgIpc) is 3.77. The second-order valence-corrected chi connectivity index (χ2v) is 13.6. The van der Waals surface area contributed by atoms with Crippen molar-refractivity contribution in [1.29, 1.82) is 0 Å². The lowest BCUT2D eigenvalue weighted by Crippen LogP contribution is -2.10. The molecular weight excluding hydrogens is 643 g/mol. The maximum absolute atomic E-state index is 6.67. The fraction of sp³-hybridized carbons (Fsp3) is 0. The number of fused-ring (bicyclic) bond motifs is 6. The largest absolute Gasteiger partial charge is 0.456 e. The first-order valence-electron chi connectivity index (χ1n) is 17.0. The van der Waals surface area contributed by atoms with E-state index in [0.29, 0.717) is 5.82 Å². The predicted molar refractivity (Wildman–Crippen MR) is 213 cm³/mol. The van der Waals surface area contributed by atoms with Gasteiger partial charge < -0.3 is 9.32 Å². The number of nitrogens with zero attached hydrogens (tertiary/aromatic N) is 3. The van der Waals surface area contributed by atoms with Crippen molar-refractivity contribution in [3.8, 4) is 33.8 Å². The molecule has 0 atom stereocenters. The molecule has 0 radical (unpaired) electrons. The Morgan fingerprint density at radius 3 is 1.90 bits per heavy atom. The first kappa shape index (κ1) is 29.4. The molecule has 0 aliphatic rings. The number of hydrogen-bond donors (Lipinski definition) is 0. The van der Waals surface area contributed by atoms with Crippen LogP contribution in [0.15, 0.2) is 180 Å². The summed E-state index contributed by atoms with van der Waals surface area (Å²) in [5.41, 5.74) is 11.1. The number of rotatable bonds is 6. The number of furan rings is 1. The Morgan fingerprint density at radius 2 is 1.12 bits per heavy atom. The quantitative estimate of drug-likeness (QED) is 0.176. The number of benzene rings is 7. The van der Waals surface area contributed by atoms with E-state index in [1.807, 2.05) is 24.3 Å². The van der Waals surface area contributed by atoms with Crippen LogP contribution in [0.25, 0.3) is 76.0 Å². The Kier molecular flexibility index (Phi) is 6.96. The Labute approximate surface area is 298 Å². The molecule has 0 aliphatic heterocycles. The van der Waals surface area contributed by atoms with Crippen molar-refractivity contribution in [2.45, 2.75) is 0 Å². The van der Waals surface area contributed by atoms with Gasteiger partial charge in [-0.25, -0.2) is 9.97 Å². The summed E-state index contributed by atoms with van der Waals surface area (Å²) < 4.78 is 8.94. The van der Waals surface area contributed by atoms with Crippen LogP contribution >= 0.6 is 11.3 Å². The molecule has 0 amide bonds. The number of para-hydroxylation sites is 1. The van der Waals surface area contributed by atoms with Crippen molar-refractivity contribution in [2.24, 2.45) is 0 Å². The highest BCUT2D eigenvalue weighted by Crippen LogP contribution is 2.45. The molecule has 0 saturated carbocycles. The summed E-state index contributed by atoms with van der Waals surface area (Å²) >= 11 is 1.74. The van der Waals surface area contributed by atoms with Crippen LogP contribution in [0.5, 0.6) is 0 Å². The average molecular weight is 672 g/mol. The SMILES string of the molecule is c1ccc(-c2ccc(N(c3ccccc3)c3cccc4oc5cc(-c6nc(-c7ccccc7)nc7c6sc6ccccc67)ccc5c34)cc2)cc1. The Balaban J connectivity index is 1.15. The van der Waals surface area contributed by atoms with E-state index in [2.05, 4.69) is 157 Å². The van der Waals surface area contributed by atoms with Crippen LogP contribution in [0.1, 0.15) is 0 Å². The molecule has 10 aromatic rings. The fourth-order valence-corrected chi connectivity index (χ4v) is 8.24. The van der Waals surface area contributed by atoms with Crippen molar-refractivity contribution < 1.29 is 4.42 Å². The van der Waals surface area contributed by atoms with Crippen molar-refractivity contribution in [3.63, 3.8) is 0 Å². The fourth-order valence-electron chi connectivity index (χ4n) is 7.08. The molecule has 240 valence electrons. The first-order valence-corrected chi connectivity index (χ1v) is 17.8. The molecule has 51 heavy (non-hydrogen) atoms. The molecule has 0 N–H and O–H groups in total. The molecule has 3 heterocycles. The second-order valence-electron chi connectivity index (χ2n) is 12.6. The predicted octanol–water partition coefficient (Wildman–Crippen LogP) is 13.2. The zero-order valence-electron chi connectivity index (χ0n) is 27.4. The maximum Gasteiger partial charge on any atom is 0.160 e. The van der Waals surface area contributed by atoms with Crippen molar-refractivity contribution in [3.05, 3.63) is 176 Å². The van der Waals surface area contributed by atoms with E-state index in [-0.39, 0.29) is 0 Å². The maximum atomic E-state index is 6.67. The van der Waals surface area contributed by atoms with Crippen LogP contribution in [-0.4, -0.2) is 9.97 Å². The second kappa shape index (κ2) is 12.1. The third-order valence-corrected chi connectivity index (χ3v) is 10.7. The number of thiophene rings is 1. The van der Waals surface area contributed by atoms with Gasteiger partial charge in [-0.15, -0.1) is 11.3 Å². The monoisotopic (exact) mass is 671 g/mol. The van der Waals surface area contributed by atoms with E-state index >= 15 is 0 Å². The van der Waals surface area contributed by atoms with Crippen LogP contribution < -0.4 is 4.90 Å². The molecule has 3 aromatic heterocycles. The number of hydrogen-bond acceptors (Lipinski definition) is 5. The highest BCUT2D eigenvalue weighted by molar-refractivity contribution is 7.26. The van der Waals surface area contributed by atoms with Gasteiger partial charge in [0.15, 0.2) is 5.82 Å². The van der Waals surface area contributed by atoms with Crippen LogP contribution in [-0.2, 0) is 0 Å². The summed E-state index contributed by atoms with van der Waals surface area (Å²) in [5, 5.41) is 3.26. The molecule has 5 heteroatoms. The van der Waals surface area contributed by atoms with Gasteiger partial charge in [0.1, 0.15) is 11.2 Å². The lowest BCUT2D eigenvalue weighted by Gasteiger charge is -2.26. The molecule has 4 nitrogen and oxygen atoms in total. The third-order valence-electron chi connectivity index (χ3n) is 9.49. The van der Waals surface area contributed by atoms with Crippen molar-refractivity contribution >= 4 is 70.6 Å². The zero-order valence-corrected chi connectivity index (χ0v) is 28.2. The van der Waals surface area contributed by atoms with E-state index < -0.39 is 0 Å². The van der Waals surface area contributed by atoms with Gasteiger partial charge in [0.05, 0.1) is 27.0 Å². The molecule has 7 aromatic carbocycles. The minimum Gasteiger partial charge on any atom is -0.456 e. The lowest BCUT2D eigenvalue weighted by molar-refractivity contribution is 0.669. The van der Waals surface area contributed by atoms with E-state index in [1.165, 1.54) is 15.8 Å². The van der Waals surface area contributed by atoms with Gasteiger partial charge in [0, 0.05) is 38.0 Å². The van der Waals surface area contributed by atoms with E-state index in [0.717, 1.165) is 71.4 Å². The van der Waals surface area contributed by atoms with Crippen LogP contribution in [0.3, 0.4) is 0 Å². The normalized spacial score (nSPS) is 11.5. The minimum atomic E-state index is 0.713. The Morgan fingerprint density at radius 1 is 0.471 bits per heavy atom. The smallest absolute Gasteiger partial charge is 0.160 e. The molecule has 0 bridgehead atoms. The van der Waals surface area contributed by atoms with Crippen LogP contribution in [0.2, 0.25) is 0 Å². The summed E-state index contributed by atoms with van der Waals surface area (Å²) in [5.74, 6) is 0.713. The summed E-state index contributed by atoms with van der Waals surface area (Å²) in [7, 11) is 0. The summed E-state index contributed by atoms with van der Waals surface area (Å²) in [6.07, 6.45) is 0. The van der Waals surface area contributed by atoms with Gasteiger partial charge in [0.25, 0.3) is 0 Å². The van der Waals surface area contributed by atoms with Crippen LogP contribution in [0, 0.1) is 0 Å². The lowest BCUT2D eigenvalue weighted by atomic mass is 10.0. The van der Waals surface area contributed by atoms with Crippen LogP contribution in [0.4, 0.5) is 17.1 Å². The third kappa shape index (κ3) is 5.06. The van der Waals surface area contributed by atoms with Crippen molar-refractivity contribution in [1.82, 2.24) is 9.97 Å². The summed E-state index contributed by atoms with van der Waals surface area (Å²) in [4.78, 5) is 12.6. The van der Waals surface area contributed by atoms with Crippen molar-refractivity contribution in [2.75, 3.05) is 4.90 Å². The minimum absolute atomic E-state index is 0.713. The van der Waals surface area contributed by atoms with E-state index in [9.17, 15) is 0 Å². The van der Waals surface area contributed by atoms with E-state index in [1.54, 1.807) is 11.3 Å². The summed E-state index contributed by atoms with van der Waals surface area (Å²) in [6.45, 7) is 0. The molecule has 0 saturated heterocycles. The highest BCUT2D eigenvalue weighted by atomic mass is 32.1. The topological polar surface area (TPSA) is 42.2 Å². The van der Waals surface area contributed by atoms with E-state index in [4.69, 9.17) is 14.4 Å². The zero-order chi connectivity index (χ0) is 33.7. The first-order chi connectivity index (χ1) is 25.3. The highest BCUT2D eigenvalue weighted by Gasteiger charge is 2.21. The van der Waals surface area contributed by atoms with Gasteiger partial charge in [-0.1, -0.05) is 121 Å². The van der Waals surface area contributed by atoms with Gasteiger partial charge >= 0.3 is 0 Å². The number of anilines is 3. The molecule has 0 fully saturated rings. The van der Waals surface area contributed by atoms with Gasteiger partial charge in [-0.3, -0.25) is 0 Å². The van der Waals surface area contributed by atoms with Gasteiger partial charge in [-0.05, 0) is 65.7 Å². The van der Waals surface area contributed by atoms with Gasteiger partial charge in [0.2, 0.25) is 0 Å². The molecule has 0 aliphatic carbocycles. The molecular formula is C46H29N3OS. The molecule has 10 rings (SSSR count). The molecule has 0 unspecified atom stereocenters. The Hall–Kier alpha value is -6.56. The van der Waals surface area contributed by atoms with Gasteiger partial charge in [-0.2, -0.15) is 0 Å². The standard InChI is InChI=1S/C46H29N3OS/c1-4-13-30(14-5-1)31-23-26-35(27-24-31)49(34-17-8-3-9-18-34)38-20-12-21-39-42(38)36-28-25-33(29-40(36)50-39)43-45-44(37-19-10-11-22-41(37)51-45)48-46(47-43)32-15-6-2-7-16-32/h1-29H.